The molecular weight excluding hydrogens is 510 g/mol. The number of rotatable bonds is 7. The van der Waals surface area contributed by atoms with Gasteiger partial charge >= 0.3 is 5.97 Å². The number of methoxy groups -OCH3 is 1. The van der Waals surface area contributed by atoms with Crippen molar-refractivity contribution in [3.05, 3.63) is 87.1 Å². The lowest BCUT2D eigenvalue weighted by atomic mass is 10.1. The number of phenolic OH excluding ortho intramolecular Hbond substituents is 1. The van der Waals surface area contributed by atoms with Crippen LogP contribution in [0.3, 0.4) is 0 Å². The molecule has 0 radical (unpaired) electrons. The molecule has 0 bridgehead atoms. The molecule has 0 aliphatic carbocycles. The lowest BCUT2D eigenvalue weighted by Crippen LogP contribution is -2.31. The zero-order valence-corrected chi connectivity index (χ0v) is 20.3. The van der Waals surface area contributed by atoms with Crippen LogP contribution in [-0.4, -0.2) is 40.3 Å². The van der Waals surface area contributed by atoms with Crippen molar-refractivity contribution in [3.63, 3.8) is 0 Å². The Balaban J connectivity index is 1.70. The summed E-state index contributed by atoms with van der Waals surface area (Å²) in [5, 5.41) is 16.8. The zero-order valence-electron chi connectivity index (χ0n) is 17.9. The Morgan fingerprint density at radius 1 is 1.21 bits per heavy atom. The first-order valence-corrected chi connectivity index (χ1v) is 11.6. The molecule has 10 heteroatoms. The number of aromatic hydroxyl groups is 1. The van der Waals surface area contributed by atoms with Gasteiger partial charge in [0.2, 0.25) is 0 Å². The molecule has 1 aliphatic rings. The predicted molar refractivity (Wildman–Crippen MR) is 129 cm³/mol. The first-order chi connectivity index (χ1) is 15.8. The fourth-order valence-electron chi connectivity index (χ4n) is 2.93. The molecule has 172 valence electrons. The maximum absolute atomic E-state index is 12.8. The summed E-state index contributed by atoms with van der Waals surface area (Å²) in [5.41, 5.74) is 1.33. The van der Waals surface area contributed by atoms with E-state index in [1.54, 1.807) is 47.1 Å². The fourth-order valence-corrected chi connectivity index (χ4v) is 4.20. The van der Waals surface area contributed by atoms with Crippen molar-refractivity contribution >= 4 is 45.5 Å². The van der Waals surface area contributed by atoms with Crippen LogP contribution in [0.5, 0.6) is 5.75 Å². The monoisotopic (exact) mass is 531 g/mol. The maximum atomic E-state index is 12.8. The Morgan fingerprint density at radius 3 is 2.64 bits per heavy atom. The Labute approximate surface area is 203 Å². The first kappa shape index (κ1) is 24.4. The van der Waals surface area contributed by atoms with E-state index in [1.807, 2.05) is 12.3 Å². The van der Waals surface area contributed by atoms with Crippen molar-refractivity contribution in [1.82, 2.24) is 15.5 Å². The highest BCUT2D eigenvalue weighted by Gasteiger charge is 2.21. The summed E-state index contributed by atoms with van der Waals surface area (Å²) in [7, 11) is 1.24. The molecule has 1 unspecified atom stereocenters. The highest BCUT2D eigenvalue weighted by Crippen LogP contribution is 2.25. The minimum absolute atomic E-state index is 0.0127. The number of phenols is 1. The second-order valence-corrected chi connectivity index (χ2v) is 9.08. The van der Waals surface area contributed by atoms with Gasteiger partial charge < -0.3 is 25.4 Å². The maximum Gasteiger partial charge on any atom is 0.356 e. The Morgan fingerprint density at radius 2 is 2.00 bits per heavy atom. The van der Waals surface area contributed by atoms with Crippen molar-refractivity contribution in [2.75, 3.05) is 7.11 Å². The van der Waals surface area contributed by atoms with Crippen molar-refractivity contribution in [2.45, 2.75) is 18.8 Å². The minimum Gasteiger partial charge on any atom is -0.508 e. The summed E-state index contributed by atoms with van der Waals surface area (Å²) in [6.07, 6.45) is 3.31. The average molecular weight is 532 g/mol. The van der Waals surface area contributed by atoms with Crippen molar-refractivity contribution < 1.29 is 24.2 Å². The highest BCUT2D eigenvalue weighted by molar-refractivity contribution is 9.10. The molecule has 0 saturated carbocycles. The van der Waals surface area contributed by atoms with Gasteiger partial charge in [-0.25, -0.2) is 4.79 Å². The molecule has 0 spiro atoms. The van der Waals surface area contributed by atoms with E-state index < -0.39 is 11.9 Å². The van der Waals surface area contributed by atoms with Gasteiger partial charge in [-0.2, -0.15) is 0 Å². The van der Waals surface area contributed by atoms with Crippen molar-refractivity contribution in [3.8, 4) is 5.75 Å². The SMILES string of the molecule is COC(=O)/C(=C\N1C=CSC1C)NC(=O)c1ccc(C(=O)NCc2cccc(O)c2)cc1Br. The molecule has 3 N–H and O–H groups in total. The van der Waals surface area contributed by atoms with Crippen molar-refractivity contribution in [2.24, 2.45) is 0 Å². The topological polar surface area (TPSA) is 108 Å². The Bertz CT molecular complexity index is 1130. The van der Waals surface area contributed by atoms with Crippen LogP contribution in [0.4, 0.5) is 0 Å². The van der Waals surface area contributed by atoms with Gasteiger partial charge in [0.25, 0.3) is 11.8 Å². The predicted octanol–water partition coefficient (Wildman–Crippen LogP) is 3.69. The van der Waals surface area contributed by atoms with E-state index in [0.29, 0.717) is 10.0 Å². The van der Waals surface area contributed by atoms with Crippen LogP contribution in [-0.2, 0) is 16.1 Å². The lowest BCUT2D eigenvalue weighted by molar-refractivity contribution is -0.136. The van der Waals surface area contributed by atoms with E-state index in [1.165, 1.54) is 31.5 Å². The summed E-state index contributed by atoms with van der Waals surface area (Å²) in [5.74, 6) is -1.43. The number of esters is 1. The van der Waals surface area contributed by atoms with Gasteiger partial charge in [-0.15, -0.1) is 11.8 Å². The van der Waals surface area contributed by atoms with Crippen LogP contribution in [0.2, 0.25) is 0 Å². The molecule has 1 heterocycles. The van der Waals surface area contributed by atoms with Gasteiger partial charge in [0.15, 0.2) is 0 Å². The quantitative estimate of drug-likeness (QED) is 0.369. The summed E-state index contributed by atoms with van der Waals surface area (Å²) in [4.78, 5) is 39.3. The molecule has 8 nitrogen and oxygen atoms in total. The summed E-state index contributed by atoms with van der Waals surface area (Å²) in [6, 6.07) is 11.1. The first-order valence-electron chi connectivity index (χ1n) is 9.85. The third-order valence-corrected chi connectivity index (χ3v) is 6.27. The number of ether oxygens (including phenoxy) is 1. The molecule has 2 aromatic rings. The van der Waals surface area contributed by atoms with Gasteiger partial charge in [-0.1, -0.05) is 12.1 Å². The van der Waals surface area contributed by atoms with Gasteiger partial charge in [-0.05, 0) is 64.2 Å². The van der Waals surface area contributed by atoms with Crippen LogP contribution in [0.15, 0.2) is 70.4 Å². The third kappa shape index (κ3) is 6.39. The lowest BCUT2D eigenvalue weighted by Gasteiger charge is -2.18. The van der Waals surface area contributed by atoms with E-state index in [2.05, 4.69) is 26.6 Å². The number of hydrogen-bond donors (Lipinski definition) is 3. The van der Waals surface area contributed by atoms with Crippen LogP contribution in [0, 0.1) is 0 Å². The molecular formula is C23H22BrN3O5S. The van der Waals surface area contributed by atoms with Crippen LogP contribution in [0.1, 0.15) is 33.2 Å². The standard InChI is InChI=1S/C23H22BrN3O5S/c1-14-27(8-9-33-14)13-20(23(31)32-2)26-22(30)18-7-6-16(11-19(18)24)21(29)25-12-15-4-3-5-17(28)10-15/h3-11,13-14,28H,12H2,1-2H3,(H,25,29)(H,26,30)/b20-13+. The van der Waals surface area contributed by atoms with Gasteiger partial charge in [0, 0.05) is 29.0 Å². The second-order valence-electron chi connectivity index (χ2n) is 7.00. The molecule has 2 aromatic carbocycles. The van der Waals surface area contributed by atoms with Crippen molar-refractivity contribution in [1.29, 1.82) is 0 Å². The number of nitrogens with one attached hydrogen (secondary N) is 2. The number of halogens is 1. The second kappa shape index (κ2) is 11.1. The number of thioether (sulfide) groups is 1. The van der Waals surface area contributed by atoms with Crippen LogP contribution >= 0.6 is 27.7 Å². The van der Waals surface area contributed by atoms with Crippen LogP contribution < -0.4 is 10.6 Å². The number of hydrogen-bond acceptors (Lipinski definition) is 7. The molecule has 33 heavy (non-hydrogen) atoms. The number of amides is 2. The number of nitrogens with zero attached hydrogens (tertiary/aromatic N) is 1. The summed E-state index contributed by atoms with van der Waals surface area (Å²) >= 11 is 4.90. The highest BCUT2D eigenvalue weighted by atomic mass is 79.9. The van der Waals surface area contributed by atoms with E-state index in [4.69, 9.17) is 4.74 Å². The number of benzene rings is 2. The average Bonchev–Trinajstić information content (AvgIpc) is 3.20. The Hall–Kier alpha value is -3.24. The van der Waals surface area contributed by atoms with Gasteiger partial charge in [0.05, 0.1) is 18.0 Å². The molecule has 1 aliphatic heterocycles. The Kier molecular flexibility index (Phi) is 8.18. The van der Waals surface area contributed by atoms with Gasteiger partial charge in [-0.3, -0.25) is 9.59 Å². The molecule has 0 aromatic heterocycles. The van der Waals surface area contributed by atoms with E-state index in [0.717, 1.165) is 5.56 Å². The van der Waals surface area contributed by atoms with Crippen LogP contribution in [0.25, 0.3) is 0 Å². The third-order valence-electron chi connectivity index (χ3n) is 4.70. The van der Waals surface area contributed by atoms with E-state index in [-0.39, 0.29) is 34.8 Å². The zero-order chi connectivity index (χ0) is 24.0. The minimum atomic E-state index is -0.681. The summed E-state index contributed by atoms with van der Waals surface area (Å²) in [6.45, 7) is 2.20. The molecule has 2 amide bonds. The molecule has 0 saturated heterocycles. The fraction of sp³-hybridized carbons (Fsp3) is 0.174. The molecule has 0 fully saturated rings. The summed E-state index contributed by atoms with van der Waals surface area (Å²) < 4.78 is 5.17. The number of carbonyl (C=O) groups excluding carboxylic acids is 3. The van der Waals surface area contributed by atoms with E-state index in [9.17, 15) is 19.5 Å². The van der Waals surface area contributed by atoms with Gasteiger partial charge in [0.1, 0.15) is 11.4 Å². The van der Waals surface area contributed by atoms with E-state index >= 15 is 0 Å². The molecule has 3 rings (SSSR count). The normalized spacial score (nSPS) is 15.3. The smallest absolute Gasteiger partial charge is 0.356 e. The largest absolute Gasteiger partial charge is 0.508 e. The number of carbonyl (C=O) groups is 3. The molecule has 1 atom stereocenters.